The molecule has 2 aromatic carbocycles. The number of non-ortho nitro benzene ring substituents is 1. The molecule has 3 rings (SSSR count). The lowest BCUT2D eigenvalue weighted by Gasteiger charge is -2.04. The molecule has 5 heteroatoms. The van der Waals surface area contributed by atoms with E-state index < -0.39 is 4.92 Å². The van der Waals surface area contributed by atoms with Crippen LogP contribution in [0.15, 0.2) is 54.6 Å². The number of carbonyl (C=O) groups excluding carboxylic acids is 1. The summed E-state index contributed by atoms with van der Waals surface area (Å²) < 4.78 is 5.26. The van der Waals surface area contributed by atoms with Crippen LogP contribution < -0.4 is 4.74 Å². The second-order valence-corrected chi connectivity index (χ2v) is 5.03. The van der Waals surface area contributed by atoms with Crippen molar-refractivity contribution in [2.24, 2.45) is 5.92 Å². The van der Waals surface area contributed by atoms with E-state index in [1.807, 2.05) is 30.3 Å². The number of benzene rings is 2. The van der Waals surface area contributed by atoms with Crippen molar-refractivity contribution in [2.45, 2.75) is 12.3 Å². The summed E-state index contributed by atoms with van der Waals surface area (Å²) in [5, 5.41) is 10.6. The Morgan fingerprint density at radius 1 is 1.10 bits per heavy atom. The van der Waals surface area contributed by atoms with Gasteiger partial charge >= 0.3 is 5.97 Å². The minimum Gasteiger partial charge on any atom is -0.426 e. The average Bonchev–Trinajstić information content (AvgIpc) is 3.29. The Bertz CT molecular complexity index is 666. The van der Waals surface area contributed by atoms with Gasteiger partial charge in [-0.1, -0.05) is 30.3 Å². The van der Waals surface area contributed by atoms with E-state index in [1.54, 1.807) is 0 Å². The number of carbonyl (C=O) groups is 1. The SMILES string of the molecule is O=C(Oc1ccc([N+](=O)[O-])cc1)[C@H]1C[C@H]1c1ccccc1. The van der Waals surface area contributed by atoms with E-state index in [9.17, 15) is 14.9 Å². The first-order valence-corrected chi connectivity index (χ1v) is 6.66. The lowest BCUT2D eigenvalue weighted by molar-refractivity contribution is -0.384. The maximum Gasteiger partial charge on any atom is 0.314 e. The molecular formula is C16H13NO4. The number of rotatable bonds is 4. The minimum atomic E-state index is -0.488. The molecule has 0 saturated heterocycles. The molecule has 106 valence electrons. The van der Waals surface area contributed by atoms with Crippen LogP contribution in [0.5, 0.6) is 5.75 Å². The number of esters is 1. The summed E-state index contributed by atoms with van der Waals surface area (Å²) in [7, 11) is 0. The molecule has 5 nitrogen and oxygen atoms in total. The first-order valence-electron chi connectivity index (χ1n) is 6.66. The molecule has 0 radical (unpaired) electrons. The number of ether oxygens (including phenoxy) is 1. The van der Waals surface area contributed by atoms with Crippen LogP contribution in [-0.2, 0) is 4.79 Å². The smallest absolute Gasteiger partial charge is 0.314 e. The second-order valence-electron chi connectivity index (χ2n) is 5.03. The molecular weight excluding hydrogens is 270 g/mol. The maximum atomic E-state index is 12.0. The average molecular weight is 283 g/mol. The van der Waals surface area contributed by atoms with Crippen LogP contribution in [0.2, 0.25) is 0 Å². The third-order valence-corrected chi connectivity index (χ3v) is 3.59. The molecule has 1 aliphatic rings. The number of nitro groups is 1. The van der Waals surface area contributed by atoms with Crippen LogP contribution in [0.4, 0.5) is 5.69 Å². The van der Waals surface area contributed by atoms with Crippen LogP contribution in [0, 0.1) is 16.0 Å². The van der Waals surface area contributed by atoms with Gasteiger partial charge in [0.15, 0.2) is 0 Å². The van der Waals surface area contributed by atoms with E-state index in [0.717, 1.165) is 12.0 Å². The molecule has 0 heterocycles. The molecule has 0 aliphatic heterocycles. The molecule has 0 aromatic heterocycles. The molecule has 0 bridgehead atoms. The van der Waals surface area contributed by atoms with Crippen molar-refractivity contribution in [3.63, 3.8) is 0 Å². The normalized spacial score (nSPS) is 19.8. The van der Waals surface area contributed by atoms with Crippen molar-refractivity contribution in [1.29, 1.82) is 0 Å². The second kappa shape index (κ2) is 5.36. The predicted octanol–water partition coefficient (Wildman–Crippen LogP) is 3.30. The summed E-state index contributed by atoms with van der Waals surface area (Å²) in [6.45, 7) is 0. The summed E-state index contributed by atoms with van der Waals surface area (Å²) in [5.74, 6) is 0.154. The van der Waals surface area contributed by atoms with Crippen molar-refractivity contribution >= 4 is 11.7 Å². The van der Waals surface area contributed by atoms with Crippen molar-refractivity contribution in [1.82, 2.24) is 0 Å². The van der Waals surface area contributed by atoms with Gasteiger partial charge in [0.2, 0.25) is 0 Å². The number of nitrogens with zero attached hydrogens (tertiary/aromatic N) is 1. The van der Waals surface area contributed by atoms with Crippen molar-refractivity contribution in [3.05, 3.63) is 70.3 Å². The van der Waals surface area contributed by atoms with E-state index >= 15 is 0 Å². The van der Waals surface area contributed by atoms with E-state index in [0.29, 0.717) is 5.75 Å². The largest absolute Gasteiger partial charge is 0.426 e. The van der Waals surface area contributed by atoms with Gasteiger partial charge in [-0.15, -0.1) is 0 Å². The third-order valence-electron chi connectivity index (χ3n) is 3.59. The number of nitro benzene ring substituents is 1. The zero-order chi connectivity index (χ0) is 14.8. The van der Waals surface area contributed by atoms with Gasteiger partial charge in [0.25, 0.3) is 5.69 Å². The Morgan fingerprint density at radius 3 is 2.38 bits per heavy atom. The molecule has 2 atom stereocenters. The molecule has 0 unspecified atom stereocenters. The first-order chi connectivity index (χ1) is 10.1. The lowest BCUT2D eigenvalue weighted by atomic mass is 10.1. The van der Waals surface area contributed by atoms with Crippen molar-refractivity contribution < 1.29 is 14.5 Å². The van der Waals surface area contributed by atoms with Crippen molar-refractivity contribution in [3.8, 4) is 5.75 Å². The molecule has 21 heavy (non-hydrogen) atoms. The Morgan fingerprint density at radius 2 is 1.76 bits per heavy atom. The van der Waals surface area contributed by atoms with Gasteiger partial charge in [0.1, 0.15) is 5.75 Å². The summed E-state index contributed by atoms with van der Waals surface area (Å²) in [4.78, 5) is 22.1. The quantitative estimate of drug-likeness (QED) is 0.373. The molecule has 2 aromatic rings. The zero-order valence-corrected chi connectivity index (χ0v) is 11.1. The fourth-order valence-electron chi connectivity index (χ4n) is 2.35. The molecule has 1 saturated carbocycles. The first kappa shape index (κ1) is 13.3. The predicted molar refractivity (Wildman–Crippen MR) is 76.0 cm³/mol. The van der Waals surface area contributed by atoms with Crippen LogP contribution in [0.1, 0.15) is 17.9 Å². The Labute approximate surface area is 121 Å². The number of hydrogen-bond donors (Lipinski definition) is 0. The Hall–Kier alpha value is -2.69. The highest BCUT2D eigenvalue weighted by atomic mass is 16.6. The van der Waals surface area contributed by atoms with Crippen molar-refractivity contribution in [2.75, 3.05) is 0 Å². The van der Waals surface area contributed by atoms with E-state index in [2.05, 4.69) is 0 Å². The van der Waals surface area contributed by atoms with E-state index in [-0.39, 0.29) is 23.5 Å². The summed E-state index contributed by atoms with van der Waals surface area (Å²) in [6, 6.07) is 15.4. The summed E-state index contributed by atoms with van der Waals surface area (Å²) in [5.41, 5.74) is 1.12. The van der Waals surface area contributed by atoms with Crippen LogP contribution in [-0.4, -0.2) is 10.9 Å². The Balaban J connectivity index is 1.62. The van der Waals surface area contributed by atoms with Gasteiger partial charge in [-0.2, -0.15) is 0 Å². The molecule has 1 fully saturated rings. The third kappa shape index (κ3) is 2.91. The standard InChI is InChI=1S/C16H13NO4/c18-16(15-10-14(15)11-4-2-1-3-5-11)21-13-8-6-12(7-9-13)17(19)20/h1-9,14-15H,10H2/t14-,15-/m0/s1. The highest BCUT2D eigenvalue weighted by Gasteiger charge is 2.45. The van der Waals surface area contributed by atoms with Crippen LogP contribution in [0.3, 0.4) is 0 Å². The summed E-state index contributed by atoms with van der Waals surface area (Å²) in [6.07, 6.45) is 0.788. The van der Waals surface area contributed by atoms with E-state index in [1.165, 1.54) is 24.3 Å². The van der Waals surface area contributed by atoms with Gasteiger partial charge < -0.3 is 4.74 Å². The minimum absolute atomic E-state index is 0.0246. The van der Waals surface area contributed by atoms with Gasteiger partial charge in [0.05, 0.1) is 10.8 Å². The fourth-order valence-corrected chi connectivity index (χ4v) is 2.35. The molecule has 0 spiro atoms. The van der Waals surface area contributed by atoms with Gasteiger partial charge in [-0.3, -0.25) is 14.9 Å². The molecule has 1 aliphatic carbocycles. The van der Waals surface area contributed by atoms with E-state index in [4.69, 9.17) is 4.74 Å². The highest BCUT2D eigenvalue weighted by molar-refractivity contribution is 5.79. The molecule has 0 N–H and O–H groups in total. The maximum absolute atomic E-state index is 12.0. The van der Waals surface area contributed by atoms with Gasteiger partial charge in [0, 0.05) is 12.1 Å². The zero-order valence-electron chi connectivity index (χ0n) is 11.1. The lowest BCUT2D eigenvalue weighted by Crippen LogP contribution is -2.11. The fraction of sp³-hybridized carbons (Fsp3) is 0.188. The summed E-state index contributed by atoms with van der Waals surface area (Å²) >= 11 is 0. The molecule has 0 amide bonds. The Kier molecular flexibility index (Phi) is 3.39. The monoisotopic (exact) mass is 283 g/mol. The van der Waals surface area contributed by atoms with Crippen LogP contribution in [0.25, 0.3) is 0 Å². The number of hydrogen-bond acceptors (Lipinski definition) is 4. The topological polar surface area (TPSA) is 69.4 Å². The van der Waals surface area contributed by atoms with Crippen LogP contribution >= 0.6 is 0 Å². The van der Waals surface area contributed by atoms with Gasteiger partial charge in [-0.05, 0) is 30.0 Å². The highest BCUT2D eigenvalue weighted by Crippen LogP contribution is 2.48. The van der Waals surface area contributed by atoms with Gasteiger partial charge in [-0.25, -0.2) is 0 Å².